The maximum atomic E-state index is 13.6. The maximum absolute atomic E-state index is 13.6. The molecule has 2 rings (SSSR count). The predicted molar refractivity (Wildman–Crippen MR) is 77.2 cm³/mol. The highest BCUT2D eigenvalue weighted by molar-refractivity contribution is 6.35. The van der Waals surface area contributed by atoms with Crippen molar-refractivity contribution < 1.29 is 9.50 Å². The molecule has 0 heterocycles. The van der Waals surface area contributed by atoms with E-state index >= 15 is 0 Å². The van der Waals surface area contributed by atoms with Crippen LogP contribution in [0.2, 0.25) is 10.0 Å². The molecule has 1 unspecified atom stereocenters. The number of rotatable bonds is 2. The Hall–Kier alpha value is -0.570. The summed E-state index contributed by atoms with van der Waals surface area (Å²) in [7, 11) is 0. The molecule has 0 aromatic heterocycles. The van der Waals surface area contributed by atoms with Gasteiger partial charge in [0.25, 0.3) is 0 Å². The Kier molecular flexibility index (Phi) is 4.54. The van der Waals surface area contributed by atoms with Crippen molar-refractivity contribution in [2.75, 3.05) is 0 Å². The molecule has 1 aromatic rings. The quantitative estimate of drug-likeness (QED) is 0.586. The van der Waals surface area contributed by atoms with Crippen LogP contribution < -0.4 is 0 Å². The van der Waals surface area contributed by atoms with Crippen molar-refractivity contribution in [3.8, 4) is 0 Å². The summed E-state index contributed by atoms with van der Waals surface area (Å²) in [5, 5.41) is 11.0. The lowest BCUT2D eigenvalue weighted by atomic mass is 9.85. The van der Waals surface area contributed by atoms with Crippen molar-refractivity contribution in [3.63, 3.8) is 0 Å². The summed E-state index contributed by atoms with van der Waals surface area (Å²) in [6.07, 6.45) is 7.12. The van der Waals surface area contributed by atoms with E-state index in [1.54, 1.807) is 6.92 Å². The van der Waals surface area contributed by atoms with Crippen LogP contribution in [0.1, 0.15) is 44.6 Å². The smallest absolute Gasteiger partial charge is 0.142 e. The highest BCUT2D eigenvalue weighted by Crippen LogP contribution is 2.39. The fraction of sp³-hybridized carbons (Fsp3) is 0.467. The van der Waals surface area contributed by atoms with Gasteiger partial charge in [-0.25, -0.2) is 4.39 Å². The van der Waals surface area contributed by atoms with Gasteiger partial charge in [-0.2, -0.15) is 0 Å². The summed E-state index contributed by atoms with van der Waals surface area (Å²) in [5.74, 6) is -0.560. The van der Waals surface area contributed by atoms with Crippen LogP contribution in [0.15, 0.2) is 23.8 Å². The summed E-state index contributed by atoms with van der Waals surface area (Å²) >= 11 is 11.8. The largest absolute Gasteiger partial charge is 0.381 e. The van der Waals surface area contributed by atoms with Gasteiger partial charge in [-0.05, 0) is 50.3 Å². The summed E-state index contributed by atoms with van der Waals surface area (Å²) in [6, 6.07) is 2.58. The minimum absolute atomic E-state index is 0.0283. The molecule has 0 bridgehead atoms. The minimum Gasteiger partial charge on any atom is -0.381 e. The maximum Gasteiger partial charge on any atom is 0.142 e. The first kappa shape index (κ1) is 14.8. The molecule has 1 N–H and O–H groups in total. The topological polar surface area (TPSA) is 20.2 Å². The van der Waals surface area contributed by atoms with Crippen LogP contribution in [-0.2, 0) is 5.60 Å². The van der Waals surface area contributed by atoms with Gasteiger partial charge in [0.2, 0.25) is 0 Å². The lowest BCUT2D eigenvalue weighted by molar-refractivity contribution is 0.0929. The molecule has 1 nitrogen and oxygen atoms in total. The molecular formula is C15H17Cl2FO. The van der Waals surface area contributed by atoms with Crippen molar-refractivity contribution in [2.45, 2.75) is 44.6 Å². The van der Waals surface area contributed by atoms with Gasteiger partial charge >= 0.3 is 0 Å². The van der Waals surface area contributed by atoms with Crippen molar-refractivity contribution in [2.24, 2.45) is 0 Å². The van der Waals surface area contributed by atoms with Crippen LogP contribution in [-0.4, -0.2) is 5.11 Å². The molecular weight excluding hydrogens is 286 g/mol. The van der Waals surface area contributed by atoms with Gasteiger partial charge in [-0.15, -0.1) is 0 Å². The Labute approximate surface area is 123 Å². The number of allylic oxidation sites excluding steroid dienone is 1. The van der Waals surface area contributed by atoms with Crippen molar-refractivity contribution >= 4 is 23.2 Å². The molecule has 0 saturated carbocycles. The lowest BCUT2D eigenvalue weighted by Crippen LogP contribution is -2.25. The van der Waals surface area contributed by atoms with Gasteiger partial charge in [-0.3, -0.25) is 0 Å². The summed E-state index contributed by atoms with van der Waals surface area (Å²) in [6.45, 7) is 1.67. The molecule has 0 amide bonds. The molecule has 1 atom stereocenters. The number of benzene rings is 1. The molecule has 0 fully saturated rings. The van der Waals surface area contributed by atoms with Gasteiger partial charge in [0, 0.05) is 10.6 Å². The van der Waals surface area contributed by atoms with Gasteiger partial charge < -0.3 is 5.11 Å². The van der Waals surface area contributed by atoms with Crippen LogP contribution in [0.4, 0.5) is 4.39 Å². The van der Waals surface area contributed by atoms with E-state index in [1.165, 1.54) is 12.1 Å². The molecule has 104 valence electrons. The van der Waals surface area contributed by atoms with E-state index in [-0.39, 0.29) is 5.02 Å². The van der Waals surface area contributed by atoms with Crippen LogP contribution in [0.25, 0.3) is 0 Å². The Morgan fingerprint density at radius 2 is 1.89 bits per heavy atom. The van der Waals surface area contributed by atoms with Crippen LogP contribution in [0.5, 0.6) is 0 Å². The average Bonchev–Trinajstić information content (AvgIpc) is 2.62. The zero-order chi connectivity index (χ0) is 14.0. The summed E-state index contributed by atoms with van der Waals surface area (Å²) in [5.41, 5.74) is 0.0465. The fourth-order valence-corrected chi connectivity index (χ4v) is 3.09. The van der Waals surface area contributed by atoms with E-state index in [0.717, 1.165) is 37.7 Å². The zero-order valence-corrected chi connectivity index (χ0v) is 12.4. The molecule has 1 aromatic carbocycles. The second-order valence-corrected chi connectivity index (χ2v) is 5.96. The Bertz CT molecular complexity index is 509. The zero-order valence-electron chi connectivity index (χ0n) is 10.8. The van der Waals surface area contributed by atoms with E-state index < -0.39 is 11.4 Å². The molecule has 1 aliphatic rings. The fourth-order valence-electron chi connectivity index (χ4n) is 2.53. The highest BCUT2D eigenvalue weighted by atomic mass is 35.5. The van der Waals surface area contributed by atoms with Gasteiger partial charge in [0.1, 0.15) is 11.4 Å². The first-order valence-corrected chi connectivity index (χ1v) is 7.25. The monoisotopic (exact) mass is 302 g/mol. The number of hydrogen-bond donors (Lipinski definition) is 1. The van der Waals surface area contributed by atoms with E-state index in [4.69, 9.17) is 23.2 Å². The average molecular weight is 303 g/mol. The van der Waals surface area contributed by atoms with Gasteiger partial charge in [0.05, 0.1) is 5.02 Å². The van der Waals surface area contributed by atoms with Crippen molar-refractivity contribution in [1.29, 1.82) is 0 Å². The third kappa shape index (κ3) is 3.13. The van der Waals surface area contributed by atoms with E-state index in [9.17, 15) is 9.50 Å². The van der Waals surface area contributed by atoms with E-state index in [2.05, 4.69) is 6.08 Å². The number of aliphatic hydroxyl groups is 1. The number of halogens is 3. The standard InChI is InChI=1S/C15H17Cl2FO/c1-15(19,10-6-4-2-3-5-7-10)11-8-14(18)13(17)9-12(11)16/h6,8-9,19H,2-5,7H2,1H3. The predicted octanol–water partition coefficient (Wildman–Crippen LogP) is 5.23. The highest BCUT2D eigenvalue weighted by Gasteiger charge is 2.31. The molecule has 0 spiro atoms. The SMILES string of the molecule is CC(O)(C1=CCCCCC1)c1cc(F)c(Cl)cc1Cl. The molecule has 0 radical (unpaired) electrons. The molecule has 0 saturated heterocycles. The summed E-state index contributed by atoms with van der Waals surface area (Å²) < 4.78 is 13.6. The normalized spacial score (nSPS) is 19.5. The first-order chi connectivity index (χ1) is 8.93. The molecule has 4 heteroatoms. The van der Waals surface area contributed by atoms with Crippen molar-refractivity contribution in [3.05, 3.63) is 45.2 Å². The Morgan fingerprint density at radius 3 is 2.63 bits per heavy atom. The van der Waals surface area contributed by atoms with E-state index in [1.807, 2.05) is 0 Å². The Balaban J connectivity index is 2.43. The third-order valence-electron chi connectivity index (χ3n) is 3.70. The Morgan fingerprint density at radius 1 is 1.16 bits per heavy atom. The van der Waals surface area contributed by atoms with E-state index in [0.29, 0.717) is 10.6 Å². The molecule has 0 aliphatic heterocycles. The number of hydrogen-bond acceptors (Lipinski definition) is 1. The first-order valence-electron chi connectivity index (χ1n) is 6.50. The van der Waals surface area contributed by atoms with Gasteiger partial charge in [-0.1, -0.05) is 35.7 Å². The molecule has 19 heavy (non-hydrogen) atoms. The minimum atomic E-state index is -1.24. The second-order valence-electron chi connectivity index (χ2n) is 5.15. The lowest BCUT2D eigenvalue weighted by Gasteiger charge is -2.28. The van der Waals surface area contributed by atoms with Crippen LogP contribution in [0, 0.1) is 5.82 Å². The summed E-state index contributed by atoms with van der Waals surface area (Å²) in [4.78, 5) is 0. The molecule has 1 aliphatic carbocycles. The third-order valence-corrected chi connectivity index (χ3v) is 4.30. The van der Waals surface area contributed by atoms with Crippen LogP contribution >= 0.6 is 23.2 Å². The van der Waals surface area contributed by atoms with Crippen LogP contribution in [0.3, 0.4) is 0 Å². The second kappa shape index (κ2) is 5.82. The van der Waals surface area contributed by atoms with Gasteiger partial charge in [0.15, 0.2) is 0 Å². The van der Waals surface area contributed by atoms with Crippen molar-refractivity contribution in [1.82, 2.24) is 0 Å².